The van der Waals surface area contributed by atoms with Crippen LogP contribution in [-0.2, 0) is 14.3 Å². The molecule has 1 fully saturated rings. The van der Waals surface area contributed by atoms with Gasteiger partial charge in [-0.15, -0.1) is 0 Å². The number of carboxylic acids is 1. The van der Waals surface area contributed by atoms with Crippen LogP contribution in [0, 0.1) is 12.8 Å². The quantitative estimate of drug-likeness (QED) is 0.840. The Bertz CT molecular complexity index is 581. The van der Waals surface area contributed by atoms with Gasteiger partial charge in [0.15, 0.2) is 0 Å². The molecule has 1 aliphatic heterocycles. The predicted octanol–water partition coefficient (Wildman–Crippen LogP) is 1.22. The maximum absolute atomic E-state index is 12.0. The molecule has 0 spiro atoms. The molecule has 0 aliphatic carbocycles. The number of benzene rings is 1. The normalized spacial score (nSPS) is 18.2. The van der Waals surface area contributed by atoms with Gasteiger partial charge in [0, 0.05) is 18.7 Å². The second-order valence-electron chi connectivity index (χ2n) is 4.79. The van der Waals surface area contributed by atoms with Crippen LogP contribution in [0.25, 0.3) is 0 Å². The lowest BCUT2D eigenvalue weighted by molar-refractivity contribution is -0.145. The molecule has 1 atom stereocenters. The Morgan fingerprint density at radius 3 is 2.65 bits per heavy atom. The van der Waals surface area contributed by atoms with E-state index in [1.165, 1.54) is 24.1 Å². The molecule has 0 bridgehead atoms. The zero-order chi connectivity index (χ0) is 14.9. The molecule has 1 heterocycles. The molecule has 1 N–H and O–H groups in total. The maximum atomic E-state index is 12.0. The zero-order valence-corrected chi connectivity index (χ0v) is 11.3. The number of carbonyl (C=O) groups is 3. The van der Waals surface area contributed by atoms with Crippen molar-refractivity contribution in [2.24, 2.45) is 5.92 Å². The number of rotatable bonds is 3. The van der Waals surface area contributed by atoms with Gasteiger partial charge in [-0.1, -0.05) is 0 Å². The molecule has 1 aromatic carbocycles. The summed E-state index contributed by atoms with van der Waals surface area (Å²) < 4.78 is 4.64. The van der Waals surface area contributed by atoms with E-state index in [2.05, 4.69) is 4.74 Å². The molecule has 0 radical (unpaired) electrons. The second-order valence-corrected chi connectivity index (χ2v) is 4.79. The third-order valence-electron chi connectivity index (χ3n) is 3.28. The van der Waals surface area contributed by atoms with Crippen molar-refractivity contribution in [1.29, 1.82) is 0 Å². The largest absolute Gasteiger partial charge is 0.478 e. The minimum atomic E-state index is -1.05. The number of carboxylic acid groups (broad SMARTS) is 1. The van der Waals surface area contributed by atoms with Crippen LogP contribution >= 0.6 is 0 Å². The fourth-order valence-electron chi connectivity index (χ4n) is 2.32. The topological polar surface area (TPSA) is 83.9 Å². The molecule has 6 heteroatoms. The van der Waals surface area contributed by atoms with Crippen LogP contribution in [0.5, 0.6) is 0 Å². The Labute approximate surface area is 115 Å². The van der Waals surface area contributed by atoms with Gasteiger partial charge in [-0.3, -0.25) is 9.59 Å². The minimum Gasteiger partial charge on any atom is -0.478 e. The minimum absolute atomic E-state index is 0.0863. The number of anilines is 1. The number of aromatic carboxylic acids is 1. The van der Waals surface area contributed by atoms with E-state index in [0.29, 0.717) is 5.69 Å². The highest BCUT2D eigenvalue weighted by Crippen LogP contribution is 2.27. The fourth-order valence-corrected chi connectivity index (χ4v) is 2.32. The smallest absolute Gasteiger partial charge is 0.335 e. The van der Waals surface area contributed by atoms with Crippen LogP contribution in [-0.4, -0.2) is 36.6 Å². The summed E-state index contributed by atoms with van der Waals surface area (Å²) in [6.07, 6.45) is 0.0863. The molecule has 6 nitrogen and oxygen atoms in total. The molecule has 0 aromatic heterocycles. The van der Waals surface area contributed by atoms with Gasteiger partial charge >= 0.3 is 11.9 Å². The highest BCUT2D eigenvalue weighted by molar-refractivity contribution is 6.00. The molecule has 20 heavy (non-hydrogen) atoms. The van der Waals surface area contributed by atoms with Crippen molar-refractivity contribution in [2.75, 3.05) is 18.6 Å². The molecule has 1 aliphatic rings. The monoisotopic (exact) mass is 277 g/mol. The lowest BCUT2D eigenvalue weighted by atomic mass is 10.1. The summed E-state index contributed by atoms with van der Waals surface area (Å²) in [5.41, 5.74) is 1.36. The van der Waals surface area contributed by atoms with E-state index in [4.69, 9.17) is 5.11 Å². The first-order chi connectivity index (χ1) is 9.42. The van der Waals surface area contributed by atoms with Crippen molar-refractivity contribution in [3.63, 3.8) is 0 Å². The summed E-state index contributed by atoms with van der Waals surface area (Å²) in [5.74, 6) is -2.18. The standard InChI is InChI=1S/C14H15NO5/c1-8-3-9(13(17)18)5-11(4-8)15-7-10(6-12(15)16)14(19)20-2/h3-5,10H,6-7H2,1-2H3,(H,17,18). The molecule has 1 amide bonds. The van der Waals surface area contributed by atoms with Gasteiger partial charge in [0.25, 0.3) is 0 Å². The zero-order valence-electron chi connectivity index (χ0n) is 11.3. The van der Waals surface area contributed by atoms with E-state index < -0.39 is 17.9 Å². The van der Waals surface area contributed by atoms with Crippen LogP contribution in [0.2, 0.25) is 0 Å². The highest BCUT2D eigenvalue weighted by Gasteiger charge is 2.36. The SMILES string of the molecule is COC(=O)C1CC(=O)N(c2cc(C)cc(C(=O)O)c2)C1. The van der Waals surface area contributed by atoms with Crippen molar-refractivity contribution >= 4 is 23.5 Å². The van der Waals surface area contributed by atoms with Crippen molar-refractivity contribution in [1.82, 2.24) is 0 Å². The highest BCUT2D eigenvalue weighted by atomic mass is 16.5. The summed E-state index contributed by atoms with van der Waals surface area (Å²) in [6, 6.07) is 4.70. The van der Waals surface area contributed by atoms with Gasteiger partial charge in [-0.05, 0) is 30.7 Å². The van der Waals surface area contributed by atoms with Gasteiger partial charge in [-0.2, -0.15) is 0 Å². The molecule has 106 valence electrons. The van der Waals surface area contributed by atoms with E-state index in [-0.39, 0.29) is 24.4 Å². The fraction of sp³-hybridized carbons (Fsp3) is 0.357. The van der Waals surface area contributed by atoms with E-state index in [9.17, 15) is 14.4 Å². The summed E-state index contributed by atoms with van der Waals surface area (Å²) in [5, 5.41) is 9.04. The Kier molecular flexibility index (Phi) is 3.74. The van der Waals surface area contributed by atoms with Crippen LogP contribution in [0.1, 0.15) is 22.3 Å². The maximum Gasteiger partial charge on any atom is 0.335 e. The lowest BCUT2D eigenvalue weighted by Gasteiger charge is -2.17. The number of amides is 1. The molecule has 2 rings (SSSR count). The summed E-state index contributed by atoms with van der Waals surface area (Å²) >= 11 is 0. The van der Waals surface area contributed by atoms with Gasteiger partial charge in [-0.25, -0.2) is 4.79 Å². The predicted molar refractivity (Wildman–Crippen MR) is 70.6 cm³/mol. The number of esters is 1. The van der Waals surface area contributed by atoms with Crippen LogP contribution < -0.4 is 4.90 Å². The van der Waals surface area contributed by atoms with Crippen molar-refractivity contribution < 1.29 is 24.2 Å². The molecule has 1 aromatic rings. The van der Waals surface area contributed by atoms with E-state index in [1.807, 2.05) is 0 Å². The number of hydrogen-bond acceptors (Lipinski definition) is 4. The number of ether oxygens (including phenoxy) is 1. The first kappa shape index (κ1) is 14.0. The Balaban J connectivity index is 2.30. The summed E-state index contributed by atoms with van der Waals surface area (Å²) in [4.78, 5) is 35.9. The molecule has 0 saturated carbocycles. The number of aryl methyl sites for hydroxylation is 1. The second kappa shape index (κ2) is 5.32. The van der Waals surface area contributed by atoms with Crippen LogP contribution in [0.15, 0.2) is 18.2 Å². The summed E-state index contributed by atoms with van der Waals surface area (Å²) in [6.45, 7) is 1.97. The number of methoxy groups -OCH3 is 1. The van der Waals surface area contributed by atoms with Crippen LogP contribution in [0.3, 0.4) is 0 Å². The van der Waals surface area contributed by atoms with Crippen molar-refractivity contribution in [3.05, 3.63) is 29.3 Å². The first-order valence-electron chi connectivity index (χ1n) is 6.15. The molecule has 1 saturated heterocycles. The van der Waals surface area contributed by atoms with E-state index in [1.54, 1.807) is 13.0 Å². The molecular weight excluding hydrogens is 262 g/mol. The third kappa shape index (κ3) is 2.64. The number of nitrogens with zero attached hydrogens (tertiary/aromatic N) is 1. The average molecular weight is 277 g/mol. The van der Waals surface area contributed by atoms with E-state index in [0.717, 1.165) is 5.56 Å². The van der Waals surface area contributed by atoms with E-state index >= 15 is 0 Å². The van der Waals surface area contributed by atoms with Gasteiger partial charge in [0.1, 0.15) is 0 Å². The third-order valence-corrected chi connectivity index (χ3v) is 3.28. The van der Waals surface area contributed by atoms with Gasteiger partial charge in [0.2, 0.25) is 5.91 Å². The summed E-state index contributed by atoms with van der Waals surface area (Å²) in [7, 11) is 1.28. The number of hydrogen-bond donors (Lipinski definition) is 1. The molecular formula is C14H15NO5. The Morgan fingerprint density at radius 1 is 1.35 bits per heavy atom. The Hall–Kier alpha value is -2.37. The van der Waals surface area contributed by atoms with Crippen molar-refractivity contribution in [2.45, 2.75) is 13.3 Å². The van der Waals surface area contributed by atoms with Crippen molar-refractivity contribution in [3.8, 4) is 0 Å². The van der Waals surface area contributed by atoms with Crippen LogP contribution in [0.4, 0.5) is 5.69 Å². The molecule has 1 unspecified atom stereocenters. The van der Waals surface area contributed by atoms with Gasteiger partial charge < -0.3 is 14.7 Å². The average Bonchev–Trinajstić information content (AvgIpc) is 2.79. The number of carbonyl (C=O) groups excluding carboxylic acids is 2. The first-order valence-corrected chi connectivity index (χ1v) is 6.15. The van der Waals surface area contributed by atoms with Gasteiger partial charge in [0.05, 0.1) is 18.6 Å². The lowest BCUT2D eigenvalue weighted by Crippen LogP contribution is -2.26. The Morgan fingerprint density at radius 2 is 2.05 bits per heavy atom.